The molecule has 1 fully saturated rings. The molecule has 1 N–H and O–H groups in total. The van der Waals surface area contributed by atoms with Gasteiger partial charge in [0.05, 0.1) is 5.56 Å². The number of rotatable bonds is 5. The maximum absolute atomic E-state index is 13.7. The van der Waals surface area contributed by atoms with Crippen molar-refractivity contribution in [3.8, 4) is 39.6 Å². The molecular weight excluding hydrogens is 440 g/mol. The highest BCUT2D eigenvalue weighted by atomic mass is 19.1. The number of aromatic hydroxyl groups is 1. The van der Waals surface area contributed by atoms with Crippen molar-refractivity contribution in [2.24, 2.45) is 0 Å². The SMILES string of the molecule is Oc1ccc(-c2noc(C3(c4nnc(-c5cc(F)cc(F)c5)o4)CC3)c2-c2ccccc2)cc1. The van der Waals surface area contributed by atoms with Crippen molar-refractivity contribution in [3.63, 3.8) is 0 Å². The molecule has 8 heteroatoms. The first-order valence-electron chi connectivity index (χ1n) is 10.7. The Labute approximate surface area is 192 Å². The predicted octanol–water partition coefficient (Wildman–Crippen LogP) is 6.12. The normalized spacial score (nSPS) is 14.3. The third-order valence-electron chi connectivity index (χ3n) is 6.02. The maximum atomic E-state index is 13.7. The van der Waals surface area contributed by atoms with E-state index in [1.165, 1.54) is 0 Å². The van der Waals surface area contributed by atoms with Crippen molar-refractivity contribution in [1.82, 2.24) is 15.4 Å². The van der Waals surface area contributed by atoms with Crippen molar-refractivity contribution >= 4 is 0 Å². The fraction of sp³-hybridized carbons (Fsp3) is 0.115. The lowest BCUT2D eigenvalue weighted by atomic mass is 9.92. The van der Waals surface area contributed by atoms with Gasteiger partial charge in [0.15, 0.2) is 5.76 Å². The van der Waals surface area contributed by atoms with E-state index < -0.39 is 17.0 Å². The number of nitrogens with zero attached hydrogens (tertiary/aromatic N) is 3. The van der Waals surface area contributed by atoms with Crippen LogP contribution < -0.4 is 0 Å². The summed E-state index contributed by atoms with van der Waals surface area (Å²) in [6, 6.07) is 19.5. The van der Waals surface area contributed by atoms with Crippen LogP contribution in [0.2, 0.25) is 0 Å². The van der Waals surface area contributed by atoms with Gasteiger partial charge in [0.2, 0.25) is 11.8 Å². The molecule has 5 aromatic rings. The molecule has 0 aliphatic heterocycles. The summed E-state index contributed by atoms with van der Waals surface area (Å²) in [7, 11) is 0. The lowest BCUT2D eigenvalue weighted by Gasteiger charge is -2.10. The summed E-state index contributed by atoms with van der Waals surface area (Å²) in [5.74, 6) is -0.383. The lowest BCUT2D eigenvalue weighted by molar-refractivity contribution is 0.345. The van der Waals surface area contributed by atoms with Gasteiger partial charge in [-0.3, -0.25) is 0 Å². The minimum Gasteiger partial charge on any atom is -0.508 e. The highest BCUT2D eigenvalue weighted by Crippen LogP contribution is 2.57. The van der Waals surface area contributed by atoms with Gasteiger partial charge in [-0.1, -0.05) is 35.5 Å². The summed E-state index contributed by atoms with van der Waals surface area (Å²) in [4.78, 5) is 0. The molecule has 2 aromatic heterocycles. The van der Waals surface area contributed by atoms with E-state index in [-0.39, 0.29) is 17.2 Å². The largest absolute Gasteiger partial charge is 0.508 e. The number of hydrogen-bond acceptors (Lipinski definition) is 6. The molecular formula is C26H17F2N3O3. The highest BCUT2D eigenvalue weighted by Gasteiger charge is 2.56. The van der Waals surface area contributed by atoms with Crippen LogP contribution in [0.25, 0.3) is 33.8 Å². The summed E-state index contributed by atoms with van der Waals surface area (Å²) in [5.41, 5.74) is 2.58. The first kappa shape index (κ1) is 20.3. The highest BCUT2D eigenvalue weighted by molar-refractivity contribution is 5.83. The third-order valence-corrected chi connectivity index (χ3v) is 6.02. The Hall–Kier alpha value is -4.33. The van der Waals surface area contributed by atoms with E-state index in [9.17, 15) is 13.9 Å². The Morgan fingerprint density at radius 1 is 0.794 bits per heavy atom. The van der Waals surface area contributed by atoms with Gasteiger partial charge in [-0.05, 0) is 54.8 Å². The van der Waals surface area contributed by atoms with E-state index in [0.29, 0.717) is 30.2 Å². The van der Waals surface area contributed by atoms with Crippen molar-refractivity contribution < 1.29 is 22.8 Å². The minimum atomic E-state index is -0.726. The van der Waals surface area contributed by atoms with E-state index in [0.717, 1.165) is 34.9 Å². The van der Waals surface area contributed by atoms with E-state index in [1.54, 1.807) is 24.3 Å². The van der Waals surface area contributed by atoms with Crippen molar-refractivity contribution in [3.05, 3.63) is 96.1 Å². The monoisotopic (exact) mass is 457 g/mol. The Morgan fingerprint density at radius 2 is 1.50 bits per heavy atom. The fourth-order valence-electron chi connectivity index (χ4n) is 4.18. The second-order valence-electron chi connectivity index (χ2n) is 8.30. The Bertz CT molecular complexity index is 1470. The topological polar surface area (TPSA) is 85.2 Å². The van der Waals surface area contributed by atoms with Gasteiger partial charge in [0.1, 0.15) is 28.5 Å². The van der Waals surface area contributed by atoms with Gasteiger partial charge in [-0.2, -0.15) is 0 Å². The first-order valence-corrected chi connectivity index (χ1v) is 10.7. The Morgan fingerprint density at radius 3 is 2.18 bits per heavy atom. The molecule has 3 aromatic carbocycles. The minimum absolute atomic E-state index is 0.0270. The lowest BCUT2D eigenvalue weighted by Crippen LogP contribution is -2.09. The molecule has 6 rings (SSSR count). The number of aromatic nitrogens is 3. The predicted molar refractivity (Wildman–Crippen MR) is 119 cm³/mol. The number of hydrogen-bond donors (Lipinski definition) is 1. The summed E-state index contributed by atoms with van der Waals surface area (Å²) in [6.45, 7) is 0. The summed E-state index contributed by atoms with van der Waals surface area (Å²) < 4.78 is 39.2. The van der Waals surface area contributed by atoms with Gasteiger partial charge in [0.25, 0.3) is 0 Å². The number of benzene rings is 3. The second kappa shape index (κ2) is 7.62. The van der Waals surface area contributed by atoms with E-state index in [4.69, 9.17) is 8.94 Å². The van der Waals surface area contributed by atoms with Crippen LogP contribution in [0.4, 0.5) is 8.78 Å². The van der Waals surface area contributed by atoms with Crippen LogP contribution in [0.1, 0.15) is 24.5 Å². The summed E-state index contributed by atoms with van der Waals surface area (Å²) >= 11 is 0. The molecule has 0 radical (unpaired) electrons. The summed E-state index contributed by atoms with van der Waals surface area (Å²) in [5, 5.41) is 22.3. The van der Waals surface area contributed by atoms with Gasteiger partial charge >= 0.3 is 0 Å². The van der Waals surface area contributed by atoms with Crippen LogP contribution in [0.3, 0.4) is 0 Å². The quantitative estimate of drug-likeness (QED) is 0.342. The van der Waals surface area contributed by atoms with E-state index in [2.05, 4.69) is 15.4 Å². The third kappa shape index (κ3) is 3.35. The molecule has 34 heavy (non-hydrogen) atoms. The van der Waals surface area contributed by atoms with Crippen molar-refractivity contribution in [2.75, 3.05) is 0 Å². The second-order valence-corrected chi connectivity index (χ2v) is 8.30. The van der Waals surface area contributed by atoms with Gasteiger partial charge < -0.3 is 14.0 Å². The van der Waals surface area contributed by atoms with Crippen LogP contribution in [0.15, 0.2) is 81.7 Å². The molecule has 1 aliphatic carbocycles. The molecule has 0 saturated heterocycles. The number of halogens is 2. The standard InChI is InChI=1S/C26H17F2N3O3/c27-18-12-17(13-19(28)14-18)24-29-30-25(33-24)26(10-11-26)23-21(15-4-2-1-3-5-15)22(31-34-23)16-6-8-20(32)9-7-16/h1-9,12-14,32H,10-11H2. The maximum Gasteiger partial charge on any atom is 0.247 e. The smallest absolute Gasteiger partial charge is 0.247 e. The van der Waals surface area contributed by atoms with E-state index in [1.807, 2.05) is 30.3 Å². The fourth-order valence-corrected chi connectivity index (χ4v) is 4.18. The molecule has 0 atom stereocenters. The van der Waals surface area contributed by atoms with Gasteiger partial charge in [-0.25, -0.2) is 8.78 Å². The Balaban J connectivity index is 1.48. The molecule has 1 aliphatic rings. The van der Waals surface area contributed by atoms with Crippen molar-refractivity contribution in [1.29, 1.82) is 0 Å². The van der Waals surface area contributed by atoms with Crippen LogP contribution in [-0.2, 0) is 5.41 Å². The average Bonchev–Trinajstić information content (AvgIpc) is 3.28. The number of phenolic OH excluding ortho intramolecular Hbond substituents is 1. The van der Waals surface area contributed by atoms with E-state index >= 15 is 0 Å². The van der Waals surface area contributed by atoms with Crippen LogP contribution in [-0.4, -0.2) is 20.5 Å². The zero-order valence-corrected chi connectivity index (χ0v) is 17.7. The molecule has 168 valence electrons. The molecule has 0 unspecified atom stereocenters. The summed E-state index contributed by atoms with van der Waals surface area (Å²) in [6.07, 6.45) is 1.38. The zero-order valence-electron chi connectivity index (χ0n) is 17.7. The van der Waals surface area contributed by atoms with Gasteiger partial charge in [0, 0.05) is 17.2 Å². The Kier molecular flexibility index (Phi) is 4.55. The zero-order chi connectivity index (χ0) is 23.3. The van der Waals surface area contributed by atoms with Gasteiger partial charge in [-0.15, -0.1) is 10.2 Å². The van der Waals surface area contributed by atoms with Crippen LogP contribution in [0.5, 0.6) is 5.75 Å². The number of phenols is 1. The molecule has 0 spiro atoms. The van der Waals surface area contributed by atoms with Crippen LogP contribution in [0, 0.1) is 11.6 Å². The first-order chi connectivity index (χ1) is 16.5. The average molecular weight is 457 g/mol. The molecule has 1 saturated carbocycles. The molecule has 0 amide bonds. The molecule has 6 nitrogen and oxygen atoms in total. The molecule has 2 heterocycles. The molecule has 0 bridgehead atoms. The van der Waals surface area contributed by atoms with Crippen molar-refractivity contribution in [2.45, 2.75) is 18.3 Å². The van der Waals surface area contributed by atoms with Crippen LogP contribution >= 0.6 is 0 Å².